The number of imidazole rings is 1. The van der Waals surface area contributed by atoms with E-state index >= 15 is 0 Å². The molecule has 0 aliphatic heterocycles. The molecule has 3 rings (SSSR count). The van der Waals surface area contributed by atoms with Gasteiger partial charge in [0, 0.05) is 0 Å². The van der Waals surface area contributed by atoms with E-state index in [1.807, 2.05) is 24.3 Å². The zero-order valence-corrected chi connectivity index (χ0v) is 11.7. The van der Waals surface area contributed by atoms with E-state index in [4.69, 9.17) is 5.73 Å². The Kier molecular flexibility index (Phi) is 3.41. The molecule has 21 heavy (non-hydrogen) atoms. The van der Waals surface area contributed by atoms with Crippen LogP contribution in [0, 0.1) is 0 Å². The number of aromatic nitrogens is 2. The number of anilines is 1. The summed E-state index contributed by atoms with van der Waals surface area (Å²) in [5.41, 5.74) is 7.25. The number of para-hydroxylation sites is 2. The second-order valence-electron chi connectivity index (χ2n) is 4.45. The highest BCUT2D eigenvalue weighted by Gasteiger charge is 2.14. The van der Waals surface area contributed by atoms with Crippen LogP contribution in [0.25, 0.3) is 11.0 Å². The van der Waals surface area contributed by atoms with Gasteiger partial charge in [-0.3, -0.25) is 9.59 Å². The van der Waals surface area contributed by atoms with Gasteiger partial charge in [0.05, 0.1) is 23.0 Å². The average Bonchev–Trinajstić information content (AvgIpc) is 3.03. The van der Waals surface area contributed by atoms with E-state index in [0.717, 1.165) is 11.0 Å². The number of fused-ring (bicyclic) bond motifs is 1. The summed E-state index contributed by atoms with van der Waals surface area (Å²) in [4.78, 5) is 30.6. The Balaban J connectivity index is 1.74. The van der Waals surface area contributed by atoms with E-state index in [1.165, 1.54) is 11.3 Å². The minimum Gasteiger partial charge on any atom is -0.366 e. The minimum atomic E-state index is -0.560. The SMILES string of the molecule is NC(=O)c1ccsc1NC(=O)Cc1nc2ccccc2[nH]1. The van der Waals surface area contributed by atoms with E-state index in [0.29, 0.717) is 16.4 Å². The number of rotatable bonds is 4. The number of benzene rings is 1. The maximum absolute atomic E-state index is 12.0. The molecule has 7 heteroatoms. The Morgan fingerprint density at radius 1 is 1.29 bits per heavy atom. The number of nitrogens with two attached hydrogens (primary N) is 1. The number of thiophene rings is 1. The van der Waals surface area contributed by atoms with Crippen LogP contribution in [0.2, 0.25) is 0 Å². The first-order valence-corrected chi connectivity index (χ1v) is 7.12. The lowest BCUT2D eigenvalue weighted by Gasteiger charge is -2.02. The number of H-pyrrole nitrogens is 1. The maximum atomic E-state index is 12.0. The molecular weight excluding hydrogens is 288 g/mol. The first kappa shape index (κ1) is 13.3. The van der Waals surface area contributed by atoms with Crippen LogP contribution in [0.3, 0.4) is 0 Å². The van der Waals surface area contributed by atoms with E-state index < -0.39 is 5.91 Å². The molecule has 2 heterocycles. The molecule has 4 N–H and O–H groups in total. The number of hydrogen-bond donors (Lipinski definition) is 3. The smallest absolute Gasteiger partial charge is 0.251 e. The molecule has 106 valence electrons. The summed E-state index contributed by atoms with van der Waals surface area (Å²) in [5, 5.41) is 4.85. The number of amides is 2. The number of nitrogens with zero attached hydrogens (tertiary/aromatic N) is 1. The van der Waals surface area contributed by atoms with Crippen LogP contribution in [0.15, 0.2) is 35.7 Å². The third-order valence-electron chi connectivity index (χ3n) is 2.95. The standard InChI is InChI=1S/C14H12N4O2S/c15-13(20)8-5-6-21-14(8)18-12(19)7-11-16-9-3-1-2-4-10(9)17-11/h1-6H,7H2,(H2,15,20)(H,16,17)(H,18,19). The molecule has 0 unspecified atom stereocenters. The molecule has 2 amide bonds. The maximum Gasteiger partial charge on any atom is 0.251 e. The van der Waals surface area contributed by atoms with Gasteiger partial charge in [0.15, 0.2) is 0 Å². The molecule has 0 spiro atoms. The molecule has 0 saturated heterocycles. The zero-order chi connectivity index (χ0) is 14.8. The second-order valence-corrected chi connectivity index (χ2v) is 5.37. The van der Waals surface area contributed by atoms with Crippen molar-refractivity contribution < 1.29 is 9.59 Å². The van der Waals surface area contributed by atoms with Gasteiger partial charge in [-0.15, -0.1) is 11.3 Å². The molecule has 2 aromatic heterocycles. The Morgan fingerprint density at radius 3 is 2.86 bits per heavy atom. The Morgan fingerprint density at radius 2 is 2.10 bits per heavy atom. The lowest BCUT2D eigenvalue weighted by atomic mass is 10.3. The van der Waals surface area contributed by atoms with Gasteiger partial charge in [0.25, 0.3) is 5.91 Å². The summed E-state index contributed by atoms with van der Waals surface area (Å²) in [5.74, 6) is -0.236. The van der Waals surface area contributed by atoms with Crippen molar-refractivity contribution in [3.8, 4) is 0 Å². The monoisotopic (exact) mass is 300 g/mol. The van der Waals surface area contributed by atoms with E-state index in [1.54, 1.807) is 11.4 Å². The summed E-state index contributed by atoms with van der Waals surface area (Å²) in [6.07, 6.45) is 0.102. The quantitative estimate of drug-likeness (QED) is 0.686. The second kappa shape index (κ2) is 5.37. The molecule has 3 aromatic rings. The highest BCUT2D eigenvalue weighted by molar-refractivity contribution is 7.14. The molecule has 0 radical (unpaired) electrons. The van der Waals surface area contributed by atoms with Gasteiger partial charge in [0.1, 0.15) is 10.8 Å². The van der Waals surface area contributed by atoms with Crippen LogP contribution in [0.1, 0.15) is 16.2 Å². The first-order valence-electron chi connectivity index (χ1n) is 6.24. The third-order valence-corrected chi connectivity index (χ3v) is 3.78. The van der Waals surface area contributed by atoms with Crippen molar-refractivity contribution in [2.75, 3.05) is 5.32 Å². The van der Waals surface area contributed by atoms with Gasteiger partial charge >= 0.3 is 0 Å². The van der Waals surface area contributed by atoms with Crippen LogP contribution >= 0.6 is 11.3 Å². The van der Waals surface area contributed by atoms with Crippen LogP contribution in [-0.2, 0) is 11.2 Å². The number of carbonyl (C=O) groups excluding carboxylic acids is 2. The van der Waals surface area contributed by atoms with E-state index in [9.17, 15) is 9.59 Å². The normalized spacial score (nSPS) is 10.7. The molecule has 0 bridgehead atoms. The molecule has 0 saturated carbocycles. The summed E-state index contributed by atoms with van der Waals surface area (Å²) in [7, 11) is 0. The molecule has 6 nitrogen and oxygen atoms in total. The highest BCUT2D eigenvalue weighted by atomic mass is 32.1. The van der Waals surface area contributed by atoms with Crippen LogP contribution in [-0.4, -0.2) is 21.8 Å². The Labute approximate surface area is 124 Å². The van der Waals surface area contributed by atoms with Gasteiger partial charge in [-0.05, 0) is 23.6 Å². The summed E-state index contributed by atoms with van der Waals surface area (Å²) < 4.78 is 0. The molecular formula is C14H12N4O2S. The fourth-order valence-electron chi connectivity index (χ4n) is 2.01. The Bertz CT molecular complexity index is 788. The largest absolute Gasteiger partial charge is 0.366 e. The molecule has 0 atom stereocenters. The predicted octanol–water partition coefficient (Wildman–Crippen LogP) is 1.90. The van der Waals surface area contributed by atoms with Crippen molar-refractivity contribution in [1.82, 2.24) is 9.97 Å². The topological polar surface area (TPSA) is 101 Å². The van der Waals surface area contributed by atoms with Crippen LogP contribution < -0.4 is 11.1 Å². The van der Waals surface area contributed by atoms with Gasteiger partial charge in [0.2, 0.25) is 5.91 Å². The van der Waals surface area contributed by atoms with Gasteiger partial charge in [-0.1, -0.05) is 12.1 Å². The van der Waals surface area contributed by atoms with Gasteiger partial charge in [-0.25, -0.2) is 4.98 Å². The number of carbonyl (C=O) groups is 2. The highest BCUT2D eigenvalue weighted by Crippen LogP contribution is 2.22. The number of hydrogen-bond acceptors (Lipinski definition) is 4. The van der Waals surface area contributed by atoms with Crippen molar-refractivity contribution >= 4 is 39.2 Å². The lowest BCUT2D eigenvalue weighted by Crippen LogP contribution is -2.18. The van der Waals surface area contributed by atoms with E-state index in [2.05, 4.69) is 15.3 Å². The van der Waals surface area contributed by atoms with Crippen molar-refractivity contribution in [3.63, 3.8) is 0 Å². The fraction of sp³-hybridized carbons (Fsp3) is 0.0714. The number of primary amides is 1. The van der Waals surface area contributed by atoms with Crippen LogP contribution in [0.5, 0.6) is 0 Å². The molecule has 1 aromatic carbocycles. The molecule has 0 aliphatic rings. The average molecular weight is 300 g/mol. The van der Waals surface area contributed by atoms with Crippen LogP contribution in [0.4, 0.5) is 5.00 Å². The summed E-state index contributed by atoms with van der Waals surface area (Å²) in [6.45, 7) is 0. The first-order chi connectivity index (χ1) is 10.1. The van der Waals surface area contributed by atoms with Crippen molar-refractivity contribution in [2.45, 2.75) is 6.42 Å². The zero-order valence-electron chi connectivity index (χ0n) is 10.9. The Hall–Kier alpha value is -2.67. The van der Waals surface area contributed by atoms with Crippen molar-refractivity contribution in [2.24, 2.45) is 5.73 Å². The van der Waals surface area contributed by atoms with Gasteiger partial charge < -0.3 is 16.0 Å². The fourth-order valence-corrected chi connectivity index (χ4v) is 2.82. The lowest BCUT2D eigenvalue weighted by molar-refractivity contribution is -0.115. The van der Waals surface area contributed by atoms with E-state index in [-0.39, 0.29) is 12.3 Å². The third kappa shape index (κ3) is 2.77. The minimum absolute atomic E-state index is 0.102. The summed E-state index contributed by atoms with van der Waals surface area (Å²) >= 11 is 1.26. The predicted molar refractivity (Wildman–Crippen MR) is 81.3 cm³/mol. The number of nitrogens with one attached hydrogen (secondary N) is 2. The molecule has 0 fully saturated rings. The summed E-state index contributed by atoms with van der Waals surface area (Å²) in [6, 6.07) is 9.14. The van der Waals surface area contributed by atoms with Crippen molar-refractivity contribution in [1.29, 1.82) is 0 Å². The number of aromatic amines is 1. The van der Waals surface area contributed by atoms with Gasteiger partial charge in [-0.2, -0.15) is 0 Å². The molecule has 0 aliphatic carbocycles. The van der Waals surface area contributed by atoms with Crippen molar-refractivity contribution in [3.05, 3.63) is 47.1 Å².